The lowest BCUT2D eigenvalue weighted by Crippen LogP contribution is -2.24. The number of pyridine rings is 1. The van der Waals surface area contributed by atoms with E-state index in [1.165, 1.54) is 0 Å². The van der Waals surface area contributed by atoms with Gasteiger partial charge in [0.1, 0.15) is 5.82 Å². The Morgan fingerprint density at radius 1 is 1.33 bits per heavy atom. The number of nitrogens with zero attached hydrogens (tertiary/aromatic N) is 2. The Morgan fingerprint density at radius 3 is 2.60 bits per heavy atom. The van der Waals surface area contributed by atoms with E-state index in [2.05, 4.69) is 4.98 Å². The van der Waals surface area contributed by atoms with Gasteiger partial charge >= 0.3 is 0 Å². The van der Waals surface area contributed by atoms with Crippen LogP contribution in [0.3, 0.4) is 0 Å². The number of amides is 1. The van der Waals surface area contributed by atoms with Crippen LogP contribution in [-0.2, 0) is 4.79 Å². The molecule has 3 heteroatoms. The third kappa shape index (κ3) is 2.78. The lowest BCUT2D eigenvalue weighted by molar-refractivity contribution is -0.117. The maximum absolute atomic E-state index is 11.4. The van der Waals surface area contributed by atoms with E-state index in [-0.39, 0.29) is 5.91 Å². The van der Waals surface area contributed by atoms with Crippen molar-refractivity contribution in [2.24, 2.45) is 0 Å². The number of aryl methyl sites for hydroxylation is 1. The average Bonchev–Trinajstić information content (AvgIpc) is 2.67. The van der Waals surface area contributed by atoms with Gasteiger partial charge in [-0.15, -0.1) is 0 Å². The minimum absolute atomic E-state index is 0.193. The topological polar surface area (TPSA) is 33.2 Å². The molecule has 0 atom stereocenters. The number of carbonyl (C=O) groups excluding carboxylic acids is 1. The quantitative estimate of drug-likeness (QED) is 0.707. The molecule has 1 saturated heterocycles. The standard InChI is InChI=1S/C10H12N2O.C2H6/c1-8-4-2-5-9(11-8)12-7-3-6-10(12)13;1-2/h2,4-5H,3,6-7H2,1H3;1-2H3. The van der Waals surface area contributed by atoms with Crippen LogP contribution < -0.4 is 4.90 Å². The SMILES string of the molecule is CC.Cc1cccc(N2CCCC2=O)n1. The average molecular weight is 206 g/mol. The van der Waals surface area contributed by atoms with Gasteiger partial charge in [0.05, 0.1) is 0 Å². The highest BCUT2D eigenvalue weighted by Gasteiger charge is 2.22. The van der Waals surface area contributed by atoms with Gasteiger partial charge < -0.3 is 0 Å². The largest absolute Gasteiger partial charge is 0.297 e. The minimum Gasteiger partial charge on any atom is -0.297 e. The first kappa shape index (κ1) is 11.7. The highest BCUT2D eigenvalue weighted by atomic mass is 16.2. The molecule has 1 aliphatic rings. The Kier molecular flexibility index (Phi) is 4.28. The van der Waals surface area contributed by atoms with Crippen LogP contribution >= 0.6 is 0 Å². The van der Waals surface area contributed by atoms with Crippen LogP contribution in [0.15, 0.2) is 18.2 Å². The van der Waals surface area contributed by atoms with Gasteiger partial charge in [-0.05, 0) is 25.5 Å². The van der Waals surface area contributed by atoms with Crippen LogP contribution in [0, 0.1) is 6.92 Å². The molecule has 2 rings (SSSR count). The molecule has 0 aliphatic carbocycles. The lowest BCUT2D eigenvalue weighted by atomic mass is 10.3. The van der Waals surface area contributed by atoms with Gasteiger partial charge in [-0.3, -0.25) is 9.69 Å². The van der Waals surface area contributed by atoms with Crippen molar-refractivity contribution in [3.05, 3.63) is 23.9 Å². The van der Waals surface area contributed by atoms with Gasteiger partial charge in [0.2, 0.25) is 5.91 Å². The second-order valence-electron chi connectivity index (χ2n) is 3.29. The Morgan fingerprint density at radius 2 is 2.07 bits per heavy atom. The summed E-state index contributed by atoms with van der Waals surface area (Å²) in [4.78, 5) is 17.4. The molecule has 0 unspecified atom stereocenters. The number of hydrogen-bond donors (Lipinski definition) is 0. The van der Waals surface area contributed by atoms with E-state index < -0.39 is 0 Å². The van der Waals surface area contributed by atoms with Crippen molar-refractivity contribution in [2.45, 2.75) is 33.6 Å². The zero-order valence-corrected chi connectivity index (χ0v) is 9.66. The predicted molar refractivity (Wildman–Crippen MR) is 61.9 cm³/mol. The highest BCUT2D eigenvalue weighted by Crippen LogP contribution is 2.18. The van der Waals surface area contributed by atoms with E-state index >= 15 is 0 Å². The van der Waals surface area contributed by atoms with E-state index in [0.717, 1.165) is 24.5 Å². The Bertz CT molecular complexity index is 336. The summed E-state index contributed by atoms with van der Waals surface area (Å²) in [7, 11) is 0. The molecule has 0 bridgehead atoms. The van der Waals surface area contributed by atoms with E-state index in [0.29, 0.717) is 6.42 Å². The van der Waals surface area contributed by atoms with Crippen LogP contribution in [0.4, 0.5) is 5.82 Å². The summed E-state index contributed by atoms with van der Waals surface area (Å²) in [5, 5.41) is 0. The molecule has 1 aromatic rings. The molecule has 0 spiro atoms. The van der Waals surface area contributed by atoms with Crippen molar-refractivity contribution >= 4 is 11.7 Å². The summed E-state index contributed by atoms with van der Waals surface area (Å²) >= 11 is 0. The first-order chi connectivity index (χ1) is 7.27. The van der Waals surface area contributed by atoms with Gasteiger partial charge in [-0.1, -0.05) is 19.9 Å². The van der Waals surface area contributed by atoms with Crippen molar-refractivity contribution < 1.29 is 4.79 Å². The lowest BCUT2D eigenvalue weighted by Gasteiger charge is -2.14. The van der Waals surface area contributed by atoms with Crippen molar-refractivity contribution in [3.63, 3.8) is 0 Å². The third-order valence-corrected chi connectivity index (χ3v) is 2.22. The van der Waals surface area contributed by atoms with Crippen LogP contribution in [0.2, 0.25) is 0 Å². The smallest absolute Gasteiger partial charge is 0.228 e. The Labute approximate surface area is 91.1 Å². The second-order valence-corrected chi connectivity index (χ2v) is 3.29. The first-order valence-electron chi connectivity index (χ1n) is 5.51. The van der Waals surface area contributed by atoms with Crippen LogP contribution in [0.25, 0.3) is 0 Å². The predicted octanol–water partition coefficient (Wildman–Crippen LogP) is 2.54. The maximum Gasteiger partial charge on any atom is 0.228 e. The Hall–Kier alpha value is -1.38. The summed E-state index contributed by atoms with van der Waals surface area (Å²) in [5.41, 5.74) is 0.956. The maximum atomic E-state index is 11.4. The van der Waals surface area contributed by atoms with E-state index in [4.69, 9.17) is 0 Å². The monoisotopic (exact) mass is 206 g/mol. The van der Waals surface area contributed by atoms with Crippen molar-refractivity contribution in [1.82, 2.24) is 4.98 Å². The molecule has 0 aromatic carbocycles. The number of rotatable bonds is 1. The zero-order valence-electron chi connectivity index (χ0n) is 9.66. The molecule has 1 fully saturated rings. The summed E-state index contributed by atoms with van der Waals surface area (Å²) in [5.74, 6) is 0.987. The third-order valence-electron chi connectivity index (χ3n) is 2.22. The molecule has 1 aromatic heterocycles. The van der Waals surface area contributed by atoms with Crippen molar-refractivity contribution in [2.75, 3.05) is 11.4 Å². The van der Waals surface area contributed by atoms with Crippen LogP contribution in [0.1, 0.15) is 32.4 Å². The van der Waals surface area contributed by atoms with E-state index in [1.54, 1.807) is 4.90 Å². The molecular formula is C12H18N2O. The number of anilines is 1. The summed E-state index contributed by atoms with van der Waals surface area (Å²) in [6.07, 6.45) is 1.62. The number of aromatic nitrogens is 1. The zero-order chi connectivity index (χ0) is 11.3. The fourth-order valence-electron chi connectivity index (χ4n) is 1.57. The normalized spacial score (nSPS) is 14.9. The second kappa shape index (κ2) is 5.49. The van der Waals surface area contributed by atoms with Gasteiger partial charge in [-0.2, -0.15) is 0 Å². The minimum atomic E-state index is 0.193. The molecular weight excluding hydrogens is 188 g/mol. The first-order valence-corrected chi connectivity index (χ1v) is 5.51. The molecule has 1 amide bonds. The van der Waals surface area contributed by atoms with Gasteiger partial charge in [-0.25, -0.2) is 4.98 Å². The van der Waals surface area contributed by atoms with Crippen LogP contribution in [-0.4, -0.2) is 17.4 Å². The van der Waals surface area contributed by atoms with E-state index in [9.17, 15) is 4.79 Å². The molecule has 1 aliphatic heterocycles. The van der Waals surface area contributed by atoms with Gasteiger partial charge in [0, 0.05) is 18.7 Å². The molecule has 2 heterocycles. The van der Waals surface area contributed by atoms with Gasteiger partial charge in [0.25, 0.3) is 0 Å². The van der Waals surface area contributed by atoms with Crippen LogP contribution in [0.5, 0.6) is 0 Å². The van der Waals surface area contributed by atoms with Crippen molar-refractivity contribution in [3.8, 4) is 0 Å². The fraction of sp³-hybridized carbons (Fsp3) is 0.500. The molecule has 0 N–H and O–H groups in total. The molecule has 15 heavy (non-hydrogen) atoms. The Balaban J connectivity index is 0.000000531. The molecule has 3 nitrogen and oxygen atoms in total. The molecule has 82 valence electrons. The summed E-state index contributed by atoms with van der Waals surface area (Å²) in [6.45, 7) is 6.75. The number of carbonyl (C=O) groups is 1. The summed E-state index contributed by atoms with van der Waals surface area (Å²) in [6, 6.07) is 5.75. The number of hydrogen-bond acceptors (Lipinski definition) is 2. The van der Waals surface area contributed by atoms with Crippen molar-refractivity contribution in [1.29, 1.82) is 0 Å². The fourth-order valence-corrected chi connectivity index (χ4v) is 1.57. The highest BCUT2D eigenvalue weighted by molar-refractivity contribution is 5.94. The molecule has 0 radical (unpaired) electrons. The summed E-state index contributed by atoms with van der Waals surface area (Å²) < 4.78 is 0. The van der Waals surface area contributed by atoms with Gasteiger partial charge in [0.15, 0.2) is 0 Å². The molecule has 0 saturated carbocycles. The van der Waals surface area contributed by atoms with E-state index in [1.807, 2.05) is 39.0 Å².